The Morgan fingerprint density at radius 2 is 2.18 bits per heavy atom. The average Bonchev–Trinajstić information content (AvgIpc) is 2.81. The highest BCUT2D eigenvalue weighted by Crippen LogP contribution is 2.21. The van der Waals surface area contributed by atoms with Crippen LogP contribution >= 0.6 is 23.4 Å². The fourth-order valence-corrected chi connectivity index (χ4v) is 2.83. The highest BCUT2D eigenvalue weighted by Gasteiger charge is 2.25. The summed E-state index contributed by atoms with van der Waals surface area (Å²) >= 11 is 7.67. The number of amides is 1. The Labute approximate surface area is 111 Å². The van der Waals surface area contributed by atoms with E-state index in [1.165, 1.54) is 0 Å². The molecule has 0 radical (unpaired) electrons. The molecule has 0 aromatic heterocycles. The highest BCUT2D eigenvalue weighted by molar-refractivity contribution is 7.99. The van der Waals surface area contributed by atoms with Crippen molar-refractivity contribution in [2.75, 3.05) is 19.3 Å². The molecule has 2 rings (SSSR count). The van der Waals surface area contributed by atoms with Crippen molar-refractivity contribution in [2.45, 2.75) is 18.1 Å². The zero-order valence-corrected chi connectivity index (χ0v) is 11.4. The third-order valence-corrected chi connectivity index (χ3v) is 4.40. The highest BCUT2D eigenvalue weighted by atomic mass is 35.5. The van der Waals surface area contributed by atoms with Crippen LogP contribution in [-0.2, 0) is 11.2 Å². The second kappa shape index (κ2) is 5.78. The van der Waals surface area contributed by atoms with Crippen LogP contribution in [0.2, 0.25) is 5.02 Å². The van der Waals surface area contributed by atoms with E-state index >= 15 is 0 Å². The molecule has 17 heavy (non-hydrogen) atoms. The number of benzene rings is 1. The van der Waals surface area contributed by atoms with E-state index in [2.05, 4.69) is 6.26 Å². The van der Waals surface area contributed by atoms with Gasteiger partial charge in [-0.2, -0.15) is 11.8 Å². The standard InChI is InChI=1S/C13H16ClNOS/c1-17-12-6-7-15(9-12)13(16)8-10-2-4-11(14)5-3-10/h2-5,12H,6-9H2,1H3. The molecule has 1 fully saturated rings. The second-order valence-corrected chi connectivity index (χ2v) is 5.86. The maximum absolute atomic E-state index is 12.0. The molecule has 0 aliphatic carbocycles. The van der Waals surface area contributed by atoms with Crippen LogP contribution in [0.1, 0.15) is 12.0 Å². The molecular weight excluding hydrogens is 254 g/mol. The minimum Gasteiger partial charge on any atom is -0.341 e. The molecule has 1 aliphatic heterocycles. The molecule has 92 valence electrons. The summed E-state index contributed by atoms with van der Waals surface area (Å²) in [4.78, 5) is 14.0. The monoisotopic (exact) mass is 269 g/mol. The van der Waals surface area contributed by atoms with Crippen molar-refractivity contribution < 1.29 is 4.79 Å². The van der Waals surface area contributed by atoms with E-state index < -0.39 is 0 Å². The van der Waals surface area contributed by atoms with Crippen molar-refractivity contribution in [2.24, 2.45) is 0 Å². The third kappa shape index (κ3) is 3.39. The molecule has 0 spiro atoms. The summed E-state index contributed by atoms with van der Waals surface area (Å²) in [6, 6.07) is 7.50. The molecule has 1 aromatic rings. The molecule has 0 saturated carbocycles. The Kier molecular flexibility index (Phi) is 4.35. The lowest BCUT2D eigenvalue weighted by atomic mass is 10.1. The lowest BCUT2D eigenvalue weighted by Crippen LogP contribution is -2.30. The van der Waals surface area contributed by atoms with Crippen LogP contribution in [0, 0.1) is 0 Å². The maximum Gasteiger partial charge on any atom is 0.227 e. The molecule has 0 bridgehead atoms. The number of hydrogen-bond acceptors (Lipinski definition) is 2. The molecule has 1 aliphatic rings. The van der Waals surface area contributed by atoms with E-state index in [1.807, 2.05) is 40.9 Å². The van der Waals surface area contributed by atoms with Crippen LogP contribution in [-0.4, -0.2) is 35.4 Å². The smallest absolute Gasteiger partial charge is 0.227 e. The van der Waals surface area contributed by atoms with Crippen molar-refractivity contribution in [3.63, 3.8) is 0 Å². The van der Waals surface area contributed by atoms with Gasteiger partial charge in [-0.15, -0.1) is 0 Å². The summed E-state index contributed by atoms with van der Waals surface area (Å²) in [5.74, 6) is 0.226. The number of thioether (sulfide) groups is 1. The average molecular weight is 270 g/mol. The normalized spacial score (nSPS) is 19.6. The van der Waals surface area contributed by atoms with E-state index in [0.717, 1.165) is 25.1 Å². The first kappa shape index (κ1) is 12.8. The molecule has 0 N–H and O–H groups in total. The molecule has 4 heteroatoms. The first-order valence-electron chi connectivity index (χ1n) is 5.74. The largest absolute Gasteiger partial charge is 0.341 e. The fourth-order valence-electron chi connectivity index (χ4n) is 2.04. The van der Waals surface area contributed by atoms with Gasteiger partial charge < -0.3 is 4.90 Å². The summed E-state index contributed by atoms with van der Waals surface area (Å²) in [6.07, 6.45) is 3.71. The molecule has 1 unspecified atom stereocenters. The van der Waals surface area contributed by atoms with Gasteiger partial charge in [0.15, 0.2) is 0 Å². The topological polar surface area (TPSA) is 20.3 Å². The lowest BCUT2D eigenvalue weighted by molar-refractivity contribution is -0.129. The van der Waals surface area contributed by atoms with E-state index in [9.17, 15) is 4.79 Å². The second-order valence-electron chi connectivity index (χ2n) is 4.29. The van der Waals surface area contributed by atoms with E-state index in [-0.39, 0.29) is 5.91 Å². The lowest BCUT2D eigenvalue weighted by Gasteiger charge is -2.16. The molecule has 1 amide bonds. The van der Waals surface area contributed by atoms with Gasteiger partial charge in [0.2, 0.25) is 5.91 Å². The van der Waals surface area contributed by atoms with Crippen LogP contribution in [0.25, 0.3) is 0 Å². The van der Waals surface area contributed by atoms with E-state index in [0.29, 0.717) is 16.7 Å². The number of likely N-dealkylation sites (tertiary alicyclic amines) is 1. The predicted octanol–water partition coefficient (Wildman–Crippen LogP) is 2.85. The van der Waals surface area contributed by atoms with Crippen molar-refractivity contribution in [1.29, 1.82) is 0 Å². The number of nitrogens with zero attached hydrogens (tertiary/aromatic N) is 1. The van der Waals surface area contributed by atoms with Crippen molar-refractivity contribution in [3.8, 4) is 0 Å². The maximum atomic E-state index is 12.0. The van der Waals surface area contributed by atoms with Crippen LogP contribution < -0.4 is 0 Å². The number of carbonyl (C=O) groups is 1. The van der Waals surface area contributed by atoms with Crippen molar-refractivity contribution in [3.05, 3.63) is 34.9 Å². The molecule has 1 saturated heterocycles. The van der Waals surface area contributed by atoms with Gasteiger partial charge in [0.1, 0.15) is 0 Å². The SMILES string of the molecule is CSC1CCN(C(=O)Cc2ccc(Cl)cc2)C1. The minimum atomic E-state index is 0.226. The quantitative estimate of drug-likeness (QED) is 0.841. The van der Waals surface area contributed by atoms with Gasteiger partial charge in [-0.3, -0.25) is 4.79 Å². The summed E-state index contributed by atoms with van der Waals surface area (Å²) in [7, 11) is 0. The van der Waals surface area contributed by atoms with Crippen LogP contribution in [0.15, 0.2) is 24.3 Å². The Morgan fingerprint density at radius 1 is 1.47 bits per heavy atom. The van der Waals surface area contributed by atoms with Gasteiger partial charge in [-0.1, -0.05) is 23.7 Å². The molecule has 1 heterocycles. The van der Waals surface area contributed by atoms with Crippen molar-refractivity contribution >= 4 is 29.3 Å². The molecule has 1 atom stereocenters. The van der Waals surface area contributed by atoms with Gasteiger partial charge in [-0.25, -0.2) is 0 Å². The Balaban J connectivity index is 1.91. The Bertz CT molecular complexity index is 393. The van der Waals surface area contributed by atoms with E-state index in [1.54, 1.807) is 0 Å². The fraction of sp³-hybridized carbons (Fsp3) is 0.462. The summed E-state index contributed by atoms with van der Waals surface area (Å²) in [6.45, 7) is 1.80. The van der Waals surface area contributed by atoms with Crippen LogP contribution in [0.4, 0.5) is 0 Å². The van der Waals surface area contributed by atoms with Gasteiger partial charge in [0.25, 0.3) is 0 Å². The molecule has 1 aromatic carbocycles. The van der Waals surface area contributed by atoms with Crippen LogP contribution in [0.3, 0.4) is 0 Å². The minimum absolute atomic E-state index is 0.226. The van der Waals surface area contributed by atoms with Crippen molar-refractivity contribution in [1.82, 2.24) is 4.90 Å². The Morgan fingerprint density at radius 3 is 2.76 bits per heavy atom. The van der Waals surface area contributed by atoms with Gasteiger partial charge in [-0.05, 0) is 30.4 Å². The third-order valence-electron chi connectivity index (χ3n) is 3.10. The summed E-state index contributed by atoms with van der Waals surface area (Å²) in [5.41, 5.74) is 1.03. The zero-order valence-electron chi connectivity index (χ0n) is 9.86. The molecular formula is C13H16ClNOS. The summed E-state index contributed by atoms with van der Waals surface area (Å²) in [5, 5.41) is 1.33. The van der Waals surface area contributed by atoms with E-state index in [4.69, 9.17) is 11.6 Å². The number of hydrogen-bond donors (Lipinski definition) is 0. The first-order valence-corrected chi connectivity index (χ1v) is 7.40. The first-order chi connectivity index (χ1) is 8.19. The van der Waals surface area contributed by atoms with Gasteiger partial charge >= 0.3 is 0 Å². The predicted molar refractivity (Wildman–Crippen MR) is 73.7 cm³/mol. The Hall–Kier alpha value is -0.670. The van der Waals surface area contributed by atoms with Gasteiger partial charge in [0, 0.05) is 23.4 Å². The number of carbonyl (C=O) groups excluding carboxylic acids is 1. The summed E-state index contributed by atoms with van der Waals surface area (Å²) < 4.78 is 0. The zero-order chi connectivity index (χ0) is 12.3. The number of halogens is 1. The number of rotatable bonds is 3. The van der Waals surface area contributed by atoms with Gasteiger partial charge in [0.05, 0.1) is 6.42 Å². The van der Waals surface area contributed by atoms with Crippen LogP contribution in [0.5, 0.6) is 0 Å². The molecule has 2 nitrogen and oxygen atoms in total.